The van der Waals surface area contributed by atoms with E-state index in [1.54, 1.807) is 11.8 Å². The van der Waals surface area contributed by atoms with Gasteiger partial charge >= 0.3 is 12.0 Å². The average molecular weight is 302 g/mol. The van der Waals surface area contributed by atoms with Crippen LogP contribution in [0.4, 0.5) is 4.79 Å². The Morgan fingerprint density at radius 2 is 1.95 bits per heavy atom. The molecule has 0 aromatic carbocycles. The summed E-state index contributed by atoms with van der Waals surface area (Å²) in [7, 11) is 0. The highest BCUT2D eigenvalue weighted by Crippen LogP contribution is 2.35. The number of carboxylic acids is 1. The van der Waals surface area contributed by atoms with Crippen LogP contribution in [0.25, 0.3) is 0 Å². The Kier molecular flexibility index (Phi) is 7.19. The van der Waals surface area contributed by atoms with Gasteiger partial charge in [0.2, 0.25) is 0 Å². The first-order valence-corrected chi connectivity index (χ1v) is 8.66. The largest absolute Gasteiger partial charge is 0.481 e. The monoisotopic (exact) mass is 302 g/mol. The highest BCUT2D eigenvalue weighted by molar-refractivity contribution is 7.98. The number of carbonyl (C=O) groups excluding carboxylic acids is 1. The van der Waals surface area contributed by atoms with Gasteiger partial charge in [-0.05, 0) is 38.2 Å². The van der Waals surface area contributed by atoms with Crippen LogP contribution in [0.15, 0.2) is 0 Å². The number of hydrogen-bond donors (Lipinski definition) is 3. The normalized spacial score (nSPS) is 19.1. The number of hydrogen-bond acceptors (Lipinski definition) is 3. The van der Waals surface area contributed by atoms with E-state index in [9.17, 15) is 14.7 Å². The molecule has 5 nitrogen and oxygen atoms in total. The summed E-state index contributed by atoms with van der Waals surface area (Å²) in [5.41, 5.74) is -0.766. The molecule has 3 N–H and O–H groups in total. The number of aliphatic carboxylic acids is 1. The molecule has 116 valence electrons. The fourth-order valence-corrected chi connectivity index (χ4v) is 3.18. The van der Waals surface area contributed by atoms with Gasteiger partial charge in [-0.25, -0.2) is 4.79 Å². The summed E-state index contributed by atoms with van der Waals surface area (Å²) in [6.45, 7) is 2.19. The first-order chi connectivity index (χ1) is 9.50. The lowest BCUT2D eigenvalue weighted by molar-refractivity contribution is -0.150. The summed E-state index contributed by atoms with van der Waals surface area (Å²) in [6.07, 6.45) is 7.22. The maximum Gasteiger partial charge on any atom is 0.315 e. The van der Waals surface area contributed by atoms with Crippen LogP contribution in [0.5, 0.6) is 0 Å². The maximum atomic E-state index is 11.8. The van der Waals surface area contributed by atoms with Gasteiger partial charge in [-0.3, -0.25) is 4.79 Å². The van der Waals surface area contributed by atoms with Crippen molar-refractivity contribution in [2.24, 2.45) is 5.41 Å². The molecule has 1 saturated carbocycles. The first kappa shape index (κ1) is 17.1. The maximum absolute atomic E-state index is 11.8. The van der Waals surface area contributed by atoms with Gasteiger partial charge in [0.15, 0.2) is 0 Å². The zero-order valence-electron chi connectivity index (χ0n) is 12.4. The standard InChI is InChI=1S/C14H26N2O3S/c1-11(6-9-20-2)16-13(19)15-10-14(12(17)18)7-4-3-5-8-14/h11H,3-10H2,1-2H3,(H,17,18)(H2,15,16,19). The van der Waals surface area contributed by atoms with Crippen LogP contribution in [0.1, 0.15) is 45.4 Å². The Bertz CT molecular complexity index is 330. The molecule has 0 radical (unpaired) electrons. The fraction of sp³-hybridized carbons (Fsp3) is 0.857. The van der Waals surface area contributed by atoms with E-state index in [1.165, 1.54) is 0 Å². The fourth-order valence-electron chi connectivity index (χ4n) is 2.59. The van der Waals surface area contributed by atoms with Crippen molar-refractivity contribution in [3.05, 3.63) is 0 Å². The molecule has 1 aliphatic carbocycles. The van der Waals surface area contributed by atoms with Crippen molar-refractivity contribution in [1.82, 2.24) is 10.6 Å². The number of amides is 2. The quantitative estimate of drug-likeness (QED) is 0.675. The van der Waals surface area contributed by atoms with Crippen LogP contribution in [0.2, 0.25) is 0 Å². The number of urea groups is 1. The number of carboxylic acid groups (broad SMARTS) is 1. The molecule has 1 aliphatic rings. The van der Waals surface area contributed by atoms with E-state index in [2.05, 4.69) is 10.6 Å². The lowest BCUT2D eigenvalue weighted by Crippen LogP contribution is -2.48. The molecular weight excluding hydrogens is 276 g/mol. The van der Waals surface area contributed by atoms with Gasteiger partial charge < -0.3 is 15.7 Å². The Balaban J connectivity index is 2.39. The van der Waals surface area contributed by atoms with Crippen LogP contribution >= 0.6 is 11.8 Å². The Morgan fingerprint density at radius 3 is 2.50 bits per heavy atom. The first-order valence-electron chi connectivity index (χ1n) is 7.27. The molecule has 0 bridgehead atoms. The zero-order chi connectivity index (χ0) is 15.0. The summed E-state index contributed by atoms with van der Waals surface area (Å²) in [4.78, 5) is 23.3. The number of carbonyl (C=O) groups is 2. The van der Waals surface area contributed by atoms with Gasteiger partial charge in [0.05, 0.1) is 5.41 Å². The van der Waals surface area contributed by atoms with Crippen LogP contribution < -0.4 is 10.6 Å². The third kappa shape index (κ3) is 5.23. The molecule has 2 amide bonds. The molecule has 0 aliphatic heterocycles. The minimum Gasteiger partial charge on any atom is -0.481 e. The molecular formula is C14H26N2O3S. The molecule has 1 unspecified atom stereocenters. The van der Waals surface area contributed by atoms with Crippen LogP contribution in [0, 0.1) is 5.41 Å². The molecule has 1 rings (SSSR count). The van der Waals surface area contributed by atoms with Gasteiger partial charge in [-0.1, -0.05) is 19.3 Å². The van der Waals surface area contributed by atoms with Crippen molar-refractivity contribution < 1.29 is 14.7 Å². The van der Waals surface area contributed by atoms with Gasteiger partial charge in [-0.15, -0.1) is 0 Å². The zero-order valence-corrected chi connectivity index (χ0v) is 13.2. The summed E-state index contributed by atoms with van der Waals surface area (Å²) in [5.74, 6) is 0.216. The molecule has 0 spiro atoms. The number of thioether (sulfide) groups is 1. The van der Waals surface area contributed by atoms with Crippen LogP contribution in [-0.4, -0.2) is 41.7 Å². The van der Waals surface area contributed by atoms with E-state index >= 15 is 0 Å². The van der Waals surface area contributed by atoms with Crippen molar-refractivity contribution in [1.29, 1.82) is 0 Å². The third-order valence-electron chi connectivity index (χ3n) is 3.98. The third-order valence-corrected chi connectivity index (χ3v) is 4.63. The van der Waals surface area contributed by atoms with E-state index in [0.29, 0.717) is 12.8 Å². The topological polar surface area (TPSA) is 78.4 Å². The average Bonchev–Trinajstić information content (AvgIpc) is 2.43. The van der Waals surface area contributed by atoms with Crippen molar-refractivity contribution in [2.75, 3.05) is 18.6 Å². The van der Waals surface area contributed by atoms with E-state index in [-0.39, 0.29) is 18.6 Å². The summed E-state index contributed by atoms with van der Waals surface area (Å²) in [6, 6.07) is -0.153. The molecule has 1 fully saturated rings. The molecule has 0 aromatic heterocycles. The van der Waals surface area contributed by atoms with Gasteiger partial charge in [0, 0.05) is 12.6 Å². The summed E-state index contributed by atoms with van der Waals surface area (Å²) >= 11 is 1.75. The van der Waals surface area contributed by atoms with Crippen molar-refractivity contribution in [3.63, 3.8) is 0 Å². The molecule has 0 heterocycles. The van der Waals surface area contributed by atoms with Crippen molar-refractivity contribution in [3.8, 4) is 0 Å². The van der Waals surface area contributed by atoms with E-state index in [0.717, 1.165) is 31.4 Å². The molecule has 1 atom stereocenters. The predicted molar refractivity (Wildman–Crippen MR) is 82.1 cm³/mol. The molecule has 0 aromatic rings. The lowest BCUT2D eigenvalue weighted by atomic mass is 9.74. The summed E-state index contributed by atoms with van der Waals surface area (Å²) in [5, 5.41) is 15.0. The smallest absolute Gasteiger partial charge is 0.315 e. The van der Waals surface area contributed by atoms with E-state index in [1.807, 2.05) is 13.2 Å². The molecule has 6 heteroatoms. The van der Waals surface area contributed by atoms with E-state index < -0.39 is 11.4 Å². The Hall–Kier alpha value is -0.910. The van der Waals surface area contributed by atoms with Gasteiger partial charge in [0.1, 0.15) is 0 Å². The number of rotatable bonds is 7. The predicted octanol–water partition coefficient (Wildman–Crippen LogP) is 2.46. The van der Waals surface area contributed by atoms with Crippen molar-refractivity contribution >= 4 is 23.8 Å². The Labute approximate surface area is 125 Å². The highest BCUT2D eigenvalue weighted by Gasteiger charge is 2.39. The lowest BCUT2D eigenvalue weighted by Gasteiger charge is -2.33. The minimum absolute atomic E-state index is 0.106. The summed E-state index contributed by atoms with van der Waals surface area (Å²) < 4.78 is 0. The second kappa shape index (κ2) is 8.39. The van der Waals surface area contributed by atoms with Gasteiger partial charge in [-0.2, -0.15) is 11.8 Å². The van der Waals surface area contributed by atoms with Crippen LogP contribution in [0.3, 0.4) is 0 Å². The van der Waals surface area contributed by atoms with Crippen molar-refractivity contribution in [2.45, 2.75) is 51.5 Å². The second-order valence-electron chi connectivity index (χ2n) is 5.66. The second-order valence-corrected chi connectivity index (χ2v) is 6.64. The van der Waals surface area contributed by atoms with Gasteiger partial charge in [0.25, 0.3) is 0 Å². The molecule has 0 saturated heterocycles. The number of nitrogens with one attached hydrogen (secondary N) is 2. The van der Waals surface area contributed by atoms with Crippen LogP contribution in [-0.2, 0) is 4.79 Å². The Morgan fingerprint density at radius 1 is 1.30 bits per heavy atom. The minimum atomic E-state index is -0.784. The molecule has 20 heavy (non-hydrogen) atoms. The highest BCUT2D eigenvalue weighted by atomic mass is 32.2. The van der Waals surface area contributed by atoms with E-state index in [4.69, 9.17) is 0 Å². The SMILES string of the molecule is CSCCC(C)NC(=O)NCC1(C(=O)O)CCCCC1.